The molecule has 0 aliphatic carbocycles. The number of rotatable bonds is 2. The van der Waals surface area contributed by atoms with Crippen LogP contribution in [0.3, 0.4) is 0 Å². The molecular formula is C10H11K. The average Bonchev–Trinajstić information content (AvgIpc) is 2.05. The van der Waals surface area contributed by atoms with Gasteiger partial charge in [-0.1, -0.05) is 49.6 Å². The second-order valence-electron chi connectivity index (χ2n) is 2.07. The number of hydrogen-bond acceptors (Lipinski definition) is 0. The van der Waals surface area contributed by atoms with Crippen LogP contribution in [0.1, 0.15) is 11.1 Å². The molecule has 1 heteroatoms. The van der Waals surface area contributed by atoms with Crippen molar-refractivity contribution in [3.8, 4) is 0 Å². The van der Waals surface area contributed by atoms with Gasteiger partial charge in [-0.3, -0.25) is 0 Å². The van der Waals surface area contributed by atoms with Gasteiger partial charge in [-0.05, 0) is 11.1 Å². The summed E-state index contributed by atoms with van der Waals surface area (Å²) in [7, 11) is 0. The molecule has 0 atom stereocenters. The van der Waals surface area contributed by atoms with Crippen LogP contribution >= 0.6 is 0 Å². The van der Waals surface area contributed by atoms with E-state index in [9.17, 15) is 0 Å². The van der Waals surface area contributed by atoms with Gasteiger partial charge in [0.05, 0.1) is 0 Å². The van der Waals surface area contributed by atoms with Crippen LogP contribution in [0.15, 0.2) is 37.4 Å². The SMILES string of the molecule is C=Cc1ccc(C=C)cc1.[KH]. The third-order valence-corrected chi connectivity index (χ3v) is 1.41. The molecule has 52 valence electrons. The Balaban J connectivity index is 0.000001000. The summed E-state index contributed by atoms with van der Waals surface area (Å²) in [6, 6.07) is 8.07. The maximum absolute atomic E-state index is 3.66. The van der Waals surface area contributed by atoms with E-state index in [0.717, 1.165) is 11.1 Å². The molecule has 0 unspecified atom stereocenters. The topological polar surface area (TPSA) is 0 Å². The molecule has 0 heterocycles. The summed E-state index contributed by atoms with van der Waals surface area (Å²) in [6.45, 7) is 7.32. The molecular weight excluding hydrogens is 159 g/mol. The molecule has 0 bridgehead atoms. The first-order chi connectivity index (χ1) is 4.86. The molecule has 0 amide bonds. The summed E-state index contributed by atoms with van der Waals surface area (Å²) in [6.07, 6.45) is 3.65. The molecule has 1 rings (SSSR count). The zero-order valence-electron chi connectivity index (χ0n) is 5.88. The van der Waals surface area contributed by atoms with E-state index >= 15 is 0 Å². The first-order valence-electron chi connectivity index (χ1n) is 3.22. The fourth-order valence-corrected chi connectivity index (χ4v) is 0.768. The van der Waals surface area contributed by atoms with E-state index in [2.05, 4.69) is 13.2 Å². The van der Waals surface area contributed by atoms with Gasteiger partial charge in [-0.25, -0.2) is 0 Å². The standard InChI is InChI=1S/C10H10.K.H/c1-3-9-5-7-10(4-2)8-6-9;;/h3-8H,1-2H2;;. The van der Waals surface area contributed by atoms with Gasteiger partial charge in [0.25, 0.3) is 0 Å². The molecule has 1 aromatic rings. The Morgan fingerprint density at radius 2 is 1.09 bits per heavy atom. The van der Waals surface area contributed by atoms with E-state index in [0.29, 0.717) is 0 Å². The molecule has 0 aliphatic rings. The minimum atomic E-state index is 0. The average molecular weight is 170 g/mol. The fourth-order valence-electron chi connectivity index (χ4n) is 0.768. The van der Waals surface area contributed by atoms with Crippen LogP contribution in [-0.4, -0.2) is 51.4 Å². The van der Waals surface area contributed by atoms with Crippen molar-refractivity contribution in [1.82, 2.24) is 0 Å². The Kier molecular flexibility index (Phi) is 6.10. The second-order valence-corrected chi connectivity index (χ2v) is 2.07. The molecule has 0 saturated carbocycles. The van der Waals surface area contributed by atoms with Crippen LogP contribution in [0, 0.1) is 0 Å². The molecule has 1 aromatic carbocycles. The van der Waals surface area contributed by atoms with Gasteiger partial charge >= 0.3 is 51.4 Å². The van der Waals surface area contributed by atoms with Crippen LogP contribution in [0.25, 0.3) is 12.2 Å². The molecule has 11 heavy (non-hydrogen) atoms. The second kappa shape index (κ2) is 5.92. The summed E-state index contributed by atoms with van der Waals surface area (Å²) < 4.78 is 0. The van der Waals surface area contributed by atoms with Crippen LogP contribution in [0.5, 0.6) is 0 Å². The van der Waals surface area contributed by atoms with E-state index in [4.69, 9.17) is 0 Å². The molecule has 0 N–H and O–H groups in total. The third kappa shape index (κ3) is 3.49. The van der Waals surface area contributed by atoms with Crippen LogP contribution in [-0.2, 0) is 0 Å². The molecule has 0 spiro atoms. The van der Waals surface area contributed by atoms with Crippen molar-refractivity contribution >= 4 is 63.5 Å². The minimum absolute atomic E-state index is 0. The van der Waals surface area contributed by atoms with Gasteiger partial charge in [0.15, 0.2) is 0 Å². The number of benzene rings is 1. The third-order valence-electron chi connectivity index (χ3n) is 1.41. The quantitative estimate of drug-likeness (QED) is 0.598. The molecule has 0 nitrogen and oxygen atoms in total. The van der Waals surface area contributed by atoms with Crippen LogP contribution in [0.2, 0.25) is 0 Å². The summed E-state index contributed by atoms with van der Waals surface area (Å²) in [4.78, 5) is 0. The number of hydrogen-bond donors (Lipinski definition) is 0. The zero-order chi connectivity index (χ0) is 7.40. The monoisotopic (exact) mass is 170 g/mol. The summed E-state index contributed by atoms with van der Waals surface area (Å²) in [5.41, 5.74) is 2.29. The fraction of sp³-hybridized carbons (Fsp3) is 0. The van der Waals surface area contributed by atoms with Gasteiger partial charge in [0.2, 0.25) is 0 Å². The van der Waals surface area contributed by atoms with E-state index in [1.54, 1.807) is 0 Å². The normalized spacial score (nSPS) is 8.00. The van der Waals surface area contributed by atoms with Crippen molar-refractivity contribution in [1.29, 1.82) is 0 Å². The van der Waals surface area contributed by atoms with Gasteiger partial charge < -0.3 is 0 Å². The van der Waals surface area contributed by atoms with Gasteiger partial charge in [0, 0.05) is 0 Å². The van der Waals surface area contributed by atoms with E-state index in [-0.39, 0.29) is 51.4 Å². The van der Waals surface area contributed by atoms with Crippen molar-refractivity contribution in [3.05, 3.63) is 48.6 Å². The predicted octanol–water partition coefficient (Wildman–Crippen LogP) is 2.32. The Bertz CT molecular complexity index is 207. The summed E-state index contributed by atoms with van der Waals surface area (Å²) >= 11 is 0. The zero-order valence-corrected chi connectivity index (χ0v) is 5.88. The van der Waals surface area contributed by atoms with Gasteiger partial charge in [0.1, 0.15) is 0 Å². The van der Waals surface area contributed by atoms with Gasteiger partial charge in [-0.15, -0.1) is 0 Å². The summed E-state index contributed by atoms with van der Waals surface area (Å²) in [5.74, 6) is 0. The van der Waals surface area contributed by atoms with Crippen molar-refractivity contribution in [3.63, 3.8) is 0 Å². The maximum atomic E-state index is 3.66. The first-order valence-corrected chi connectivity index (χ1v) is 3.22. The molecule has 0 aliphatic heterocycles. The van der Waals surface area contributed by atoms with Crippen molar-refractivity contribution < 1.29 is 0 Å². The molecule has 0 radical (unpaired) electrons. The van der Waals surface area contributed by atoms with Gasteiger partial charge in [-0.2, -0.15) is 0 Å². The molecule has 0 saturated heterocycles. The van der Waals surface area contributed by atoms with E-state index in [1.165, 1.54) is 0 Å². The Labute approximate surface area is 110 Å². The first kappa shape index (κ1) is 11.3. The van der Waals surface area contributed by atoms with Crippen molar-refractivity contribution in [2.24, 2.45) is 0 Å². The molecule has 0 aromatic heterocycles. The molecule has 0 fully saturated rings. The van der Waals surface area contributed by atoms with Crippen LogP contribution in [0.4, 0.5) is 0 Å². The van der Waals surface area contributed by atoms with E-state index in [1.807, 2.05) is 36.4 Å². The Hall–Kier alpha value is 0.336. The van der Waals surface area contributed by atoms with Crippen molar-refractivity contribution in [2.45, 2.75) is 0 Å². The Morgan fingerprint density at radius 3 is 1.27 bits per heavy atom. The van der Waals surface area contributed by atoms with E-state index < -0.39 is 0 Å². The predicted molar refractivity (Wildman–Crippen MR) is 53.8 cm³/mol. The summed E-state index contributed by atoms with van der Waals surface area (Å²) in [5, 5.41) is 0. The van der Waals surface area contributed by atoms with Crippen molar-refractivity contribution in [2.75, 3.05) is 0 Å². The Morgan fingerprint density at radius 1 is 0.818 bits per heavy atom. The van der Waals surface area contributed by atoms with Crippen LogP contribution < -0.4 is 0 Å².